The number of carbonyl (C=O) groups is 2. The van der Waals surface area contributed by atoms with Crippen LogP contribution < -0.4 is 0 Å². The Morgan fingerprint density at radius 1 is 0.875 bits per heavy atom. The maximum Gasteiger partial charge on any atom is 0.340 e. The van der Waals surface area contributed by atoms with Gasteiger partial charge >= 0.3 is 11.9 Å². The zero-order chi connectivity index (χ0) is 23.3. The Labute approximate surface area is 188 Å². The number of nitriles is 1. The smallest absolute Gasteiger partial charge is 0.340 e. The monoisotopic (exact) mass is 447 g/mol. The van der Waals surface area contributed by atoms with Gasteiger partial charge in [-0.3, -0.25) is 0 Å². The molecule has 3 rings (SSSR count). The molecule has 32 heavy (non-hydrogen) atoms. The van der Waals surface area contributed by atoms with Crippen molar-refractivity contribution in [2.75, 3.05) is 0 Å². The summed E-state index contributed by atoms with van der Waals surface area (Å²) in [6.07, 6.45) is 2.21. The Balaban J connectivity index is 1.57. The van der Waals surface area contributed by atoms with E-state index in [1.807, 2.05) is 12.1 Å². The van der Waals surface area contributed by atoms with Crippen molar-refractivity contribution in [3.8, 4) is 6.07 Å². The van der Waals surface area contributed by atoms with Crippen LogP contribution in [0.15, 0.2) is 18.2 Å². The fraction of sp³-hybridized carbons (Fsp3) is 0.640. The highest BCUT2D eigenvalue weighted by Gasteiger charge is 2.29. The van der Waals surface area contributed by atoms with E-state index in [-0.39, 0.29) is 24.0 Å². The second-order valence-corrected chi connectivity index (χ2v) is 9.01. The van der Waals surface area contributed by atoms with Crippen LogP contribution in [0.5, 0.6) is 0 Å². The summed E-state index contributed by atoms with van der Waals surface area (Å²) in [6.45, 7) is 2.36. The first-order valence-electron chi connectivity index (χ1n) is 11.5. The molecule has 2 atom stereocenters. The summed E-state index contributed by atoms with van der Waals surface area (Å²) >= 11 is 0. The van der Waals surface area contributed by atoms with Gasteiger partial charge in [-0.1, -0.05) is 12.1 Å². The summed E-state index contributed by atoms with van der Waals surface area (Å²) in [4.78, 5) is 22.9. The zero-order valence-electron chi connectivity index (χ0n) is 18.7. The SMILES string of the molecule is C[C@H](F)C(=O)OC1CCC(c2ccc(C3CCC(OC(=O)[C@H](C)F)CC3)c(C#N)c2)CC1. The van der Waals surface area contributed by atoms with Crippen LogP contribution in [0.25, 0.3) is 0 Å². The van der Waals surface area contributed by atoms with Crippen molar-refractivity contribution in [3.05, 3.63) is 34.9 Å². The predicted molar refractivity (Wildman–Crippen MR) is 114 cm³/mol. The number of halogens is 2. The van der Waals surface area contributed by atoms with Gasteiger partial charge < -0.3 is 9.47 Å². The number of ether oxygens (including phenoxy) is 2. The second-order valence-electron chi connectivity index (χ2n) is 9.01. The quantitative estimate of drug-likeness (QED) is 0.545. The van der Waals surface area contributed by atoms with Gasteiger partial charge in [-0.15, -0.1) is 0 Å². The van der Waals surface area contributed by atoms with Crippen LogP contribution in [0.3, 0.4) is 0 Å². The molecule has 0 saturated heterocycles. The molecular formula is C25H31F2NO4. The molecule has 0 aliphatic heterocycles. The summed E-state index contributed by atoms with van der Waals surface area (Å²) in [6, 6.07) is 8.41. The summed E-state index contributed by atoms with van der Waals surface area (Å²) < 4.78 is 36.5. The molecule has 2 aliphatic rings. The van der Waals surface area contributed by atoms with Crippen molar-refractivity contribution < 1.29 is 27.8 Å². The Bertz CT molecular complexity index is 848. The number of carbonyl (C=O) groups excluding carboxylic acids is 2. The van der Waals surface area contributed by atoms with Crippen molar-refractivity contribution in [2.45, 2.75) is 102 Å². The minimum atomic E-state index is -1.61. The van der Waals surface area contributed by atoms with Crippen LogP contribution in [0.4, 0.5) is 8.78 Å². The van der Waals surface area contributed by atoms with E-state index >= 15 is 0 Å². The Hall–Kier alpha value is -2.49. The molecule has 0 unspecified atom stereocenters. The molecule has 0 spiro atoms. The van der Waals surface area contributed by atoms with E-state index < -0.39 is 24.3 Å². The van der Waals surface area contributed by atoms with Gasteiger partial charge in [0.2, 0.25) is 0 Å². The summed E-state index contributed by atoms with van der Waals surface area (Å²) in [5.74, 6) is -1.10. The predicted octanol–water partition coefficient (Wildman–Crippen LogP) is 5.41. The Morgan fingerprint density at radius 3 is 1.78 bits per heavy atom. The number of rotatable bonds is 6. The van der Waals surface area contributed by atoms with Crippen molar-refractivity contribution in [1.82, 2.24) is 0 Å². The average molecular weight is 448 g/mol. The van der Waals surface area contributed by atoms with Gasteiger partial charge in [0.25, 0.3) is 0 Å². The topological polar surface area (TPSA) is 76.4 Å². The summed E-state index contributed by atoms with van der Waals surface area (Å²) in [5, 5.41) is 9.74. The van der Waals surface area contributed by atoms with Crippen molar-refractivity contribution in [2.24, 2.45) is 0 Å². The first-order valence-corrected chi connectivity index (χ1v) is 11.5. The van der Waals surface area contributed by atoms with E-state index in [4.69, 9.17) is 9.47 Å². The number of alkyl halides is 2. The molecular weight excluding hydrogens is 416 g/mol. The van der Waals surface area contributed by atoms with Crippen LogP contribution in [-0.2, 0) is 19.1 Å². The highest BCUT2D eigenvalue weighted by molar-refractivity contribution is 5.74. The molecule has 0 bridgehead atoms. The fourth-order valence-corrected chi connectivity index (χ4v) is 4.80. The molecule has 1 aromatic carbocycles. The molecule has 0 amide bonds. The number of nitrogens with zero attached hydrogens (tertiary/aromatic N) is 1. The lowest BCUT2D eigenvalue weighted by Crippen LogP contribution is -2.27. The molecule has 174 valence electrons. The molecule has 2 fully saturated rings. The summed E-state index contributed by atoms with van der Waals surface area (Å²) in [5.41, 5.74) is 2.79. The van der Waals surface area contributed by atoms with Gasteiger partial charge in [0.1, 0.15) is 12.2 Å². The summed E-state index contributed by atoms with van der Waals surface area (Å²) in [7, 11) is 0. The van der Waals surface area contributed by atoms with Crippen LogP contribution in [0.1, 0.15) is 93.7 Å². The van der Waals surface area contributed by atoms with Gasteiger partial charge in [0, 0.05) is 0 Å². The molecule has 7 heteroatoms. The van der Waals surface area contributed by atoms with Gasteiger partial charge in [-0.2, -0.15) is 5.26 Å². The highest BCUT2D eigenvalue weighted by Crippen LogP contribution is 2.39. The van der Waals surface area contributed by atoms with Crippen LogP contribution in [0.2, 0.25) is 0 Å². The van der Waals surface area contributed by atoms with Crippen molar-refractivity contribution >= 4 is 11.9 Å². The van der Waals surface area contributed by atoms with Gasteiger partial charge in [-0.05, 0) is 94.2 Å². The minimum absolute atomic E-state index is 0.217. The van der Waals surface area contributed by atoms with E-state index in [0.29, 0.717) is 31.2 Å². The van der Waals surface area contributed by atoms with E-state index in [0.717, 1.165) is 36.8 Å². The maximum absolute atomic E-state index is 13.0. The number of hydrogen-bond acceptors (Lipinski definition) is 5. The van der Waals surface area contributed by atoms with E-state index in [2.05, 4.69) is 12.1 Å². The van der Waals surface area contributed by atoms with Gasteiger partial charge in [0.15, 0.2) is 12.3 Å². The molecule has 0 aromatic heterocycles. The van der Waals surface area contributed by atoms with Gasteiger partial charge in [0.05, 0.1) is 11.6 Å². The first kappa shape index (κ1) is 24.2. The van der Waals surface area contributed by atoms with E-state index in [1.54, 1.807) is 0 Å². The zero-order valence-corrected chi connectivity index (χ0v) is 18.7. The van der Waals surface area contributed by atoms with E-state index in [9.17, 15) is 23.6 Å². The van der Waals surface area contributed by atoms with E-state index in [1.165, 1.54) is 13.8 Å². The lowest BCUT2D eigenvalue weighted by molar-refractivity contribution is -0.156. The van der Waals surface area contributed by atoms with Crippen LogP contribution in [0, 0.1) is 11.3 Å². The number of esters is 2. The Kier molecular flexibility index (Phi) is 8.22. The second kappa shape index (κ2) is 10.9. The molecule has 0 radical (unpaired) electrons. The largest absolute Gasteiger partial charge is 0.460 e. The molecule has 0 heterocycles. The molecule has 5 nitrogen and oxygen atoms in total. The van der Waals surface area contributed by atoms with Crippen molar-refractivity contribution in [3.63, 3.8) is 0 Å². The fourth-order valence-electron chi connectivity index (χ4n) is 4.80. The first-order chi connectivity index (χ1) is 15.3. The molecule has 1 aromatic rings. The molecule has 0 N–H and O–H groups in total. The standard InChI is InChI=1S/C25H31F2NO4/c1-15(26)24(29)31-21-8-3-17(4-9-21)19-7-12-23(20(13-19)14-28)18-5-10-22(11-6-18)32-25(30)16(2)27/h7,12-13,15-18,21-22H,3-6,8-11H2,1-2H3/t15-,16-,17?,18?,21?,22?/m0/s1. The Morgan fingerprint density at radius 2 is 1.34 bits per heavy atom. The van der Waals surface area contributed by atoms with Crippen molar-refractivity contribution in [1.29, 1.82) is 5.26 Å². The molecule has 2 aliphatic carbocycles. The normalized spacial score (nSPS) is 27.6. The molecule has 2 saturated carbocycles. The maximum atomic E-state index is 13.0. The third-order valence-corrected chi connectivity index (χ3v) is 6.67. The lowest BCUT2D eigenvalue weighted by Gasteiger charge is -2.31. The highest BCUT2D eigenvalue weighted by atomic mass is 19.1. The van der Waals surface area contributed by atoms with Gasteiger partial charge in [-0.25, -0.2) is 18.4 Å². The number of hydrogen-bond donors (Lipinski definition) is 0. The minimum Gasteiger partial charge on any atom is -0.460 e. The third-order valence-electron chi connectivity index (χ3n) is 6.67. The number of benzene rings is 1. The van der Waals surface area contributed by atoms with Crippen LogP contribution in [-0.4, -0.2) is 36.5 Å². The lowest BCUT2D eigenvalue weighted by atomic mass is 9.78. The third kappa shape index (κ3) is 6.05. The van der Waals surface area contributed by atoms with Crippen LogP contribution >= 0.6 is 0 Å². The average Bonchev–Trinajstić information content (AvgIpc) is 2.79.